The highest BCUT2D eigenvalue weighted by Crippen LogP contribution is 2.26. The van der Waals surface area contributed by atoms with Gasteiger partial charge in [-0.15, -0.1) is 0 Å². The molecule has 0 unspecified atom stereocenters. The van der Waals surface area contributed by atoms with E-state index in [-0.39, 0.29) is 17.9 Å². The topological polar surface area (TPSA) is 96.7 Å². The van der Waals surface area contributed by atoms with Crippen LogP contribution in [0.15, 0.2) is 36.5 Å². The highest BCUT2D eigenvalue weighted by atomic mass is 16.5. The zero-order valence-corrected chi connectivity index (χ0v) is 15.5. The van der Waals surface area contributed by atoms with Crippen LogP contribution in [0.1, 0.15) is 36.2 Å². The van der Waals surface area contributed by atoms with E-state index in [2.05, 4.69) is 10.4 Å². The summed E-state index contributed by atoms with van der Waals surface area (Å²) < 4.78 is 6.90. The second kappa shape index (κ2) is 8.22. The average Bonchev–Trinajstić information content (AvgIpc) is 3.15. The molecule has 0 spiro atoms. The summed E-state index contributed by atoms with van der Waals surface area (Å²) in [4.78, 5) is 26.0. The van der Waals surface area contributed by atoms with E-state index >= 15 is 0 Å². The Morgan fingerprint density at radius 3 is 2.48 bits per heavy atom. The summed E-state index contributed by atoms with van der Waals surface area (Å²) in [5.74, 6) is 0.842. The van der Waals surface area contributed by atoms with Crippen LogP contribution in [-0.2, 0) is 4.79 Å². The Balaban J connectivity index is 1.64. The van der Waals surface area contributed by atoms with E-state index in [0.29, 0.717) is 43.1 Å². The van der Waals surface area contributed by atoms with Gasteiger partial charge in [-0.2, -0.15) is 5.10 Å². The Hall–Kier alpha value is -2.87. The van der Waals surface area contributed by atoms with E-state index in [1.807, 2.05) is 0 Å². The van der Waals surface area contributed by atoms with Gasteiger partial charge in [0.1, 0.15) is 17.7 Å². The van der Waals surface area contributed by atoms with Gasteiger partial charge in [-0.1, -0.05) is 0 Å². The molecule has 1 atom stereocenters. The molecule has 2 aromatic rings. The molecular weight excluding hydrogens is 348 g/mol. The predicted octanol–water partition coefficient (Wildman–Crippen LogP) is 1.69. The second-order valence-electron chi connectivity index (χ2n) is 6.58. The maximum absolute atomic E-state index is 12.5. The fourth-order valence-corrected chi connectivity index (χ4v) is 3.23. The summed E-state index contributed by atoms with van der Waals surface area (Å²) in [6, 6.07) is 8.73. The molecule has 2 amide bonds. The number of methoxy groups -OCH3 is 1. The molecular formula is C19H24N4O4. The Bertz CT molecular complexity index is 792. The number of hydrogen-bond acceptors (Lipinski definition) is 5. The number of amides is 2. The van der Waals surface area contributed by atoms with Gasteiger partial charge in [0.2, 0.25) is 0 Å². The third-order valence-corrected chi connectivity index (χ3v) is 4.74. The molecule has 1 aliphatic heterocycles. The third-order valence-electron chi connectivity index (χ3n) is 4.74. The zero-order chi connectivity index (χ0) is 19.4. The minimum absolute atomic E-state index is 0.0872. The van der Waals surface area contributed by atoms with Crippen LogP contribution in [0.25, 0.3) is 0 Å². The smallest absolute Gasteiger partial charge is 0.256 e. The van der Waals surface area contributed by atoms with E-state index < -0.39 is 6.10 Å². The van der Waals surface area contributed by atoms with E-state index in [0.717, 1.165) is 0 Å². The number of piperidine rings is 1. The van der Waals surface area contributed by atoms with E-state index in [9.17, 15) is 14.7 Å². The van der Waals surface area contributed by atoms with Gasteiger partial charge in [0.15, 0.2) is 0 Å². The number of anilines is 1. The Morgan fingerprint density at radius 2 is 1.89 bits per heavy atom. The number of likely N-dealkylation sites (tertiary alicyclic amines) is 1. The maximum atomic E-state index is 12.5. The van der Waals surface area contributed by atoms with Crippen molar-refractivity contribution in [2.45, 2.75) is 31.9 Å². The summed E-state index contributed by atoms with van der Waals surface area (Å²) in [6.45, 7) is 2.59. The number of aromatic nitrogens is 2. The lowest BCUT2D eigenvalue weighted by atomic mass is 10.0. The van der Waals surface area contributed by atoms with Gasteiger partial charge >= 0.3 is 0 Å². The van der Waals surface area contributed by atoms with Crippen LogP contribution in [0.4, 0.5) is 5.82 Å². The van der Waals surface area contributed by atoms with Crippen molar-refractivity contribution in [1.29, 1.82) is 0 Å². The van der Waals surface area contributed by atoms with Crippen molar-refractivity contribution in [3.8, 4) is 5.75 Å². The van der Waals surface area contributed by atoms with Gasteiger partial charge in [0.25, 0.3) is 11.8 Å². The molecule has 8 heteroatoms. The standard InChI is InChI=1S/C19H24N4O4/c1-13(24)19(26)22-11-8-15(9-12-22)23-17(7-10-20-23)21-18(25)14-3-5-16(27-2)6-4-14/h3-7,10,13,15,24H,8-9,11-12H2,1-2H3,(H,21,25)/t13-/m0/s1. The molecule has 3 rings (SSSR count). The number of carbonyl (C=O) groups excluding carboxylic acids is 2. The largest absolute Gasteiger partial charge is 0.497 e. The lowest BCUT2D eigenvalue weighted by molar-refractivity contribution is -0.140. The van der Waals surface area contributed by atoms with Crippen LogP contribution < -0.4 is 10.1 Å². The summed E-state index contributed by atoms with van der Waals surface area (Å²) in [5.41, 5.74) is 0.529. The monoisotopic (exact) mass is 372 g/mol. The first-order valence-electron chi connectivity index (χ1n) is 8.95. The lowest BCUT2D eigenvalue weighted by Crippen LogP contribution is -2.43. The van der Waals surface area contributed by atoms with Crippen molar-refractivity contribution in [2.24, 2.45) is 0 Å². The minimum Gasteiger partial charge on any atom is -0.497 e. The summed E-state index contributed by atoms with van der Waals surface area (Å²) in [6.07, 6.45) is 2.10. The fourth-order valence-electron chi connectivity index (χ4n) is 3.23. The first kappa shape index (κ1) is 18.9. The summed E-state index contributed by atoms with van der Waals surface area (Å²) in [7, 11) is 1.58. The molecule has 0 aliphatic carbocycles. The van der Waals surface area contributed by atoms with Crippen molar-refractivity contribution in [3.63, 3.8) is 0 Å². The number of nitrogens with one attached hydrogen (secondary N) is 1. The van der Waals surface area contributed by atoms with Gasteiger partial charge in [-0.3, -0.25) is 9.59 Å². The van der Waals surface area contributed by atoms with Crippen molar-refractivity contribution < 1.29 is 19.4 Å². The number of ether oxygens (including phenoxy) is 1. The summed E-state index contributed by atoms with van der Waals surface area (Å²) in [5, 5.41) is 16.7. The molecule has 1 aliphatic rings. The number of rotatable bonds is 5. The molecule has 1 aromatic heterocycles. The number of benzene rings is 1. The molecule has 0 bridgehead atoms. The number of nitrogens with zero attached hydrogens (tertiary/aromatic N) is 3. The van der Waals surface area contributed by atoms with Crippen molar-refractivity contribution >= 4 is 17.6 Å². The van der Waals surface area contributed by atoms with Crippen LogP contribution in [0, 0.1) is 0 Å². The van der Waals surface area contributed by atoms with Gasteiger partial charge < -0.3 is 20.1 Å². The average molecular weight is 372 g/mol. The third kappa shape index (κ3) is 4.28. The molecule has 27 heavy (non-hydrogen) atoms. The van der Waals surface area contributed by atoms with E-state index in [4.69, 9.17) is 4.74 Å². The molecule has 2 heterocycles. The Morgan fingerprint density at radius 1 is 1.22 bits per heavy atom. The number of hydrogen-bond donors (Lipinski definition) is 2. The van der Waals surface area contributed by atoms with Crippen molar-refractivity contribution in [1.82, 2.24) is 14.7 Å². The van der Waals surface area contributed by atoms with E-state index in [1.165, 1.54) is 6.92 Å². The fraction of sp³-hybridized carbons (Fsp3) is 0.421. The highest BCUT2D eigenvalue weighted by Gasteiger charge is 2.27. The van der Waals surface area contributed by atoms with Gasteiger partial charge in [-0.05, 0) is 44.0 Å². The van der Waals surface area contributed by atoms with Crippen molar-refractivity contribution in [3.05, 3.63) is 42.1 Å². The molecule has 1 fully saturated rings. The Labute approximate surface area is 157 Å². The van der Waals surface area contributed by atoms with Gasteiger partial charge in [-0.25, -0.2) is 4.68 Å². The molecule has 2 N–H and O–H groups in total. The molecule has 8 nitrogen and oxygen atoms in total. The molecule has 0 radical (unpaired) electrons. The molecule has 0 saturated carbocycles. The van der Waals surface area contributed by atoms with Crippen molar-refractivity contribution in [2.75, 3.05) is 25.5 Å². The van der Waals surface area contributed by atoms with Crippen LogP contribution in [0.2, 0.25) is 0 Å². The number of aliphatic hydroxyl groups is 1. The maximum Gasteiger partial charge on any atom is 0.256 e. The normalized spacial score (nSPS) is 16.0. The quantitative estimate of drug-likeness (QED) is 0.833. The second-order valence-corrected chi connectivity index (χ2v) is 6.58. The SMILES string of the molecule is COc1ccc(C(=O)Nc2ccnn2C2CCN(C(=O)[C@H](C)O)CC2)cc1. The van der Waals surface area contributed by atoms with E-state index in [1.54, 1.807) is 53.2 Å². The minimum atomic E-state index is -0.981. The Kier molecular flexibility index (Phi) is 5.75. The number of carbonyl (C=O) groups is 2. The van der Waals surface area contributed by atoms with Crippen LogP contribution in [-0.4, -0.2) is 57.9 Å². The molecule has 144 valence electrons. The lowest BCUT2D eigenvalue weighted by Gasteiger charge is -2.33. The molecule has 1 aromatic carbocycles. The number of aliphatic hydroxyl groups excluding tert-OH is 1. The summed E-state index contributed by atoms with van der Waals surface area (Å²) >= 11 is 0. The zero-order valence-electron chi connectivity index (χ0n) is 15.5. The van der Waals surface area contributed by atoms with Crippen LogP contribution in [0.3, 0.4) is 0 Å². The molecule has 1 saturated heterocycles. The van der Waals surface area contributed by atoms with Gasteiger partial charge in [0, 0.05) is 24.7 Å². The van der Waals surface area contributed by atoms with Gasteiger partial charge in [0.05, 0.1) is 19.3 Å². The highest BCUT2D eigenvalue weighted by molar-refractivity contribution is 6.03. The first-order chi connectivity index (χ1) is 13.0. The van der Waals surface area contributed by atoms with Crippen LogP contribution >= 0.6 is 0 Å². The first-order valence-corrected chi connectivity index (χ1v) is 8.95. The predicted molar refractivity (Wildman–Crippen MR) is 99.7 cm³/mol. The van der Waals surface area contributed by atoms with Crippen LogP contribution in [0.5, 0.6) is 5.75 Å².